The highest BCUT2D eigenvalue weighted by atomic mass is 127. The Labute approximate surface area is 192 Å². The lowest BCUT2D eigenvalue weighted by Crippen LogP contribution is -2.32. The van der Waals surface area contributed by atoms with E-state index in [0.717, 1.165) is 17.1 Å². The van der Waals surface area contributed by atoms with E-state index in [4.69, 9.17) is 9.47 Å². The number of ether oxygens (including phenoxy) is 2. The van der Waals surface area contributed by atoms with E-state index in [0.29, 0.717) is 30.4 Å². The average Bonchev–Trinajstić information content (AvgIpc) is 3.22. The zero-order valence-corrected chi connectivity index (χ0v) is 19.4. The van der Waals surface area contributed by atoms with Gasteiger partial charge in [0.2, 0.25) is 0 Å². The van der Waals surface area contributed by atoms with Crippen molar-refractivity contribution in [2.24, 2.45) is 4.99 Å². The molecule has 0 bridgehead atoms. The predicted octanol–water partition coefficient (Wildman–Crippen LogP) is 3.88. The molecule has 0 saturated heterocycles. The van der Waals surface area contributed by atoms with Crippen LogP contribution < -0.4 is 20.1 Å². The molecule has 2 N–H and O–H groups in total. The number of anilines is 1. The maximum atomic E-state index is 13.1. The molecule has 0 fully saturated rings. The number of aliphatic imine (C=N–C) groups is 1. The third-order valence-electron chi connectivity index (χ3n) is 4.28. The molecule has 2 aromatic carbocycles. The monoisotopic (exact) mass is 525 g/mol. The van der Waals surface area contributed by atoms with Gasteiger partial charge in [0.15, 0.2) is 17.5 Å². The lowest BCUT2D eigenvalue weighted by Gasteiger charge is -2.13. The molecule has 30 heavy (non-hydrogen) atoms. The molecule has 160 valence electrons. The van der Waals surface area contributed by atoms with Gasteiger partial charge in [0.1, 0.15) is 5.82 Å². The molecular weight excluding hydrogens is 500 g/mol. The SMILES string of the molecule is CN=C(NCCc1ccn(-c2ccc(F)cc2)n1)Nc1ccc(OC)c(OC)c1.I. The molecule has 0 aliphatic rings. The van der Waals surface area contributed by atoms with E-state index < -0.39 is 0 Å². The smallest absolute Gasteiger partial charge is 0.195 e. The summed E-state index contributed by atoms with van der Waals surface area (Å²) in [4.78, 5) is 4.23. The fourth-order valence-electron chi connectivity index (χ4n) is 2.77. The van der Waals surface area contributed by atoms with Gasteiger partial charge in [-0.2, -0.15) is 5.10 Å². The van der Waals surface area contributed by atoms with Crippen LogP contribution in [-0.4, -0.2) is 43.6 Å². The van der Waals surface area contributed by atoms with Gasteiger partial charge in [0.05, 0.1) is 25.6 Å². The van der Waals surface area contributed by atoms with Crippen LogP contribution in [0.1, 0.15) is 5.69 Å². The number of aromatic nitrogens is 2. The van der Waals surface area contributed by atoms with Gasteiger partial charge in [-0.3, -0.25) is 4.99 Å². The Balaban J connectivity index is 0.00000320. The van der Waals surface area contributed by atoms with Crippen LogP contribution in [0.2, 0.25) is 0 Å². The summed E-state index contributed by atoms with van der Waals surface area (Å²) in [6.07, 6.45) is 2.57. The number of benzene rings is 2. The minimum Gasteiger partial charge on any atom is -0.493 e. The quantitative estimate of drug-likeness (QED) is 0.279. The van der Waals surface area contributed by atoms with Crippen LogP contribution in [0.15, 0.2) is 59.7 Å². The van der Waals surface area contributed by atoms with E-state index in [-0.39, 0.29) is 29.8 Å². The van der Waals surface area contributed by atoms with Crippen LogP contribution in [0.5, 0.6) is 11.5 Å². The second kappa shape index (κ2) is 11.4. The van der Waals surface area contributed by atoms with Crippen molar-refractivity contribution in [2.75, 3.05) is 33.1 Å². The number of rotatable bonds is 7. The lowest BCUT2D eigenvalue weighted by molar-refractivity contribution is 0.355. The Hall–Kier alpha value is -2.82. The van der Waals surface area contributed by atoms with E-state index in [1.54, 1.807) is 38.1 Å². The number of methoxy groups -OCH3 is 2. The van der Waals surface area contributed by atoms with Crippen LogP contribution in [-0.2, 0) is 6.42 Å². The standard InChI is InChI=1S/C21H24FN5O2.HI/c1-23-21(25-17-6-9-19(28-2)20(14-17)29-3)24-12-10-16-11-13-27(26-16)18-7-4-15(22)5-8-18;/h4-9,11,13-14H,10,12H2,1-3H3,(H2,23,24,25);1H. The van der Waals surface area contributed by atoms with Crippen molar-refractivity contribution in [1.82, 2.24) is 15.1 Å². The van der Waals surface area contributed by atoms with Gasteiger partial charge in [-0.05, 0) is 42.5 Å². The number of nitrogens with one attached hydrogen (secondary N) is 2. The summed E-state index contributed by atoms with van der Waals surface area (Å²) in [5.74, 6) is 1.67. The summed E-state index contributed by atoms with van der Waals surface area (Å²) in [6.45, 7) is 0.646. The Bertz CT molecular complexity index is 976. The molecule has 0 amide bonds. The van der Waals surface area contributed by atoms with Crippen molar-refractivity contribution in [3.63, 3.8) is 0 Å². The molecule has 1 aromatic heterocycles. The van der Waals surface area contributed by atoms with Crippen molar-refractivity contribution in [2.45, 2.75) is 6.42 Å². The van der Waals surface area contributed by atoms with Gasteiger partial charge in [-0.15, -0.1) is 24.0 Å². The molecule has 0 radical (unpaired) electrons. The Kier molecular flexibility index (Phi) is 8.90. The summed E-state index contributed by atoms with van der Waals surface area (Å²) in [5, 5.41) is 11.0. The van der Waals surface area contributed by atoms with Crippen LogP contribution in [0.3, 0.4) is 0 Å². The first-order valence-electron chi connectivity index (χ1n) is 9.13. The van der Waals surface area contributed by atoms with Gasteiger partial charge in [-0.25, -0.2) is 9.07 Å². The third-order valence-corrected chi connectivity index (χ3v) is 4.28. The molecule has 0 saturated carbocycles. The van der Waals surface area contributed by atoms with Gasteiger partial charge < -0.3 is 20.1 Å². The number of hydrogen-bond donors (Lipinski definition) is 2. The van der Waals surface area contributed by atoms with E-state index in [9.17, 15) is 4.39 Å². The Morgan fingerprint density at radius 2 is 1.80 bits per heavy atom. The normalized spacial score (nSPS) is 10.9. The number of guanidine groups is 1. The predicted molar refractivity (Wildman–Crippen MR) is 127 cm³/mol. The van der Waals surface area contributed by atoms with E-state index in [2.05, 4.69) is 20.7 Å². The van der Waals surface area contributed by atoms with Gasteiger partial charge in [0.25, 0.3) is 0 Å². The molecule has 1 heterocycles. The average molecular weight is 525 g/mol. The van der Waals surface area contributed by atoms with Crippen molar-refractivity contribution in [3.05, 3.63) is 66.2 Å². The molecular formula is C21H25FIN5O2. The Morgan fingerprint density at radius 1 is 1.07 bits per heavy atom. The number of halogens is 2. The Morgan fingerprint density at radius 3 is 2.47 bits per heavy atom. The maximum absolute atomic E-state index is 13.1. The molecule has 3 rings (SSSR count). The molecule has 0 unspecified atom stereocenters. The second-order valence-corrected chi connectivity index (χ2v) is 6.17. The van der Waals surface area contributed by atoms with Gasteiger partial charge in [0, 0.05) is 38.0 Å². The molecule has 7 nitrogen and oxygen atoms in total. The minimum absolute atomic E-state index is 0. The maximum Gasteiger partial charge on any atom is 0.195 e. The largest absolute Gasteiger partial charge is 0.493 e. The van der Waals surface area contributed by atoms with E-state index in [1.807, 2.05) is 30.5 Å². The summed E-state index contributed by atoms with van der Waals surface area (Å²) in [6, 6.07) is 13.7. The molecule has 3 aromatic rings. The molecule has 0 atom stereocenters. The fourth-order valence-corrected chi connectivity index (χ4v) is 2.77. The van der Waals surface area contributed by atoms with Crippen molar-refractivity contribution in [1.29, 1.82) is 0 Å². The minimum atomic E-state index is -0.265. The fraction of sp³-hybridized carbons (Fsp3) is 0.238. The van der Waals surface area contributed by atoms with Crippen molar-refractivity contribution >= 4 is 35.6 Å². The summed E-state index contributed by atoms with van der Waals surface area (Å²) in [5.41, 5.74) is 2.57. The van der Waals surface area contributed by atoms with E-state index in [1.165, 1.54) is 12.1 Å². The van der Waals surface area contributed by atoms with Crippen molar-refractivity contribution in [3.8, 4) is 17.2 Å². The molecule has 0 aliphatic carbocycles. The third kappa shape index (κ3) is 6.09. The second-order valence-electron chi connectivity index (χ2n) is 6.17. The van der Waals surface area contributed by atoms with Crippen LogP contribution >= 0.6 is 24.0 Å². The topological polar surface area (TPSA) is 72.7 Å². The molecule has 0 aliphatic heterocycles. The van der Waals surface area contributed by atoms with E-state index >= 15 is 0 Å². The van der Waals surface area contributed by atoms with Crippen LogP contribution in [0.25, 0.3) is 5.69 Å². The first-order chi connectivity index (χ1) is 14.1. The number of nitrogens with zero attached hydrogens (tertiary/aromatic N) is 3. The highest BCUT2D eigenvalue weighted by Crippen LogP contribution is 2.29. The molecule has 9 heteroatoms. The number of hydrogen-bond acceptors (Lipinski definition) is 4. The summed E-state index contributed by atoms with van der Waals surface area (Å²) < 4.78 is 25.3. The summed E-state index contributed by atoms with van der Waals surface area (Å²) in [7, 11) is 4.90. The van der Waals surface area contributed by atoms with Gasteiger partial charge >= 0.3 is 0 Å². The zero-order chi connectivity index (χ0) is 20.6. The van der Waals surface area contributed by atoms with Crippen molar-refractivity contribution < 1.29 is 13.9 Å². The van der Waals surface area contributed by atoms with Crippen LogP contribution in [0.4, 0.5) is 10.1 Å². The zero-order valence-electron chi connectivity index (χ0n) is 17.1. The highest BCUT2D eigenvalue weighted by Gasteiger charge is 2.07. The molecule has 0 spiro atoms. The first kappa shape index (κ1) is 23.5. The highest BCUT2D eigenvalue weighted by molar-refractivity contribution is 14.0. The van der Waals surface area contributed by atoms with Crippen LogP contribution in [0, 0.1) is 5.82 Å². The van der Waals surface area contributed by atoms with Gasteiger partial charge in [-0.1, -0.05) is 0 Å². The lowest BCUT2D eigenvalue weighted by atomic mass is 10.2. The summed E-state index contributed by atoms with van der Waals surface area (Å²) >= 11 is 0. The first-order valence-corrected chi connectivity index (χ1v) is 9.13.